The maximum absolute atomic E-state index is 11.7. The van der Waals surface area contributed by atoms with Crippen LogP contribution in [0.3, 0.4) is 0 Å². The van der Waals surface area contributed by atoms with Gasteiger partial charge in [-0.05, 0) is 24.3 Å². The van der Waals surface area contributed by atoms with E-state index < -0.39 is 11.9 Å². The lowest BCUT2D eigenvalue weighted by Crippen LogP contribution is -2.12. The molecule has 5 heteroatoms. The van der Waals surface area contributed by atoms with Crippen molar-refractivity contribution < 1.29 is 19.4 Å². The molecular weight excluding hydrogens is 234 g/mol. The number of para-hydroxylation sites is 1. The van der Waals surface area contributed by atoms with Crippen molar-refractivity contribution in [3.05, 3.63) is 59.9 Å². The van der Waals surface area contributed by atoms with Crippen LogP contribution in [-0.4, -0.2) is 22.0 Å². The molecule has 0 radical (unpaired) electrons. The first-order valence-corrected chi connectivity index (χ1v) is 5.14. The van der Waals surface area contributed by atoms with E-state index in [4.69, 9.17) is 9.84 Å². The zero-order valence-electron chi connectivity index (χ0n) is 9.24. The predicted molar refractivity (Wildman–Crippen MR) is 62.6 cm³/mol. The molecule has 0 unspecified atom stereocenters. The lowest BCUT2D eigenvalue weighted by molar-refractivity contribution is 0.0689. The van der Waals surface area contributed by atoms with Crippen LogP contribution in [0.25, 0.3) is 0 Å². The van der Waals surface area contributed by atoms with Gasteiger partial charge in [-0.25, -0.2) is 14.6 Å². The topological polar surface area (TPSA) is 76.5 Å². The quantitative estimate of drug-likeness (QED) is 0.659. The summed E-state index contributed by atoms with van der Waals surface area (Å²) in [6.07, 6.45) is 0. The molecule has 0 saturated heterocycles. The molecule has 0 spiro atoms. The van der Waals surface area contributed by atoms with Crippen LogP contribution in [0.1, 0.15) is 21.0 Å². The Morgan fingerprint density at radius 1 is 0.944 bits per heavy atom. The van der Waals surface area contributed by atoms with Gasteiger partial charge < -0.3 is 9.84 Å². The number of rotatable bonds is 3. The summed E-state index contributed by atoms with van der Waals surface area (Å²) in [6.45, 7) is 0. The first-order valence-electron chi connectivity index (χ1n) is 5.14. The van der Waals surface area contributed by atoms with Crippen molar-refractivity contribution in [2.45, 2.75) is 0 Å². The highest BCUT2D eigenvalue weighted by atomic mass is 16.5. The summed E-state index contributed by atoms with van der Waals surface area (Å²) in [6, 6.07) is 12.6. The molecule has 1 aromatic heterocycles. The number of aromatic carboxylic acids is 1. The Hall–Kier alpha value is -2.69. The van der Waals surface area contributed by atoms with E-state index in [1.54, 1.807) is 30.3 Å². The van der Waals surface area contributed by atoms with Gasteiger partial charge >= 0.3 is 11.9 Å². The molecule has 0 aliphatic heterocycles. The first kappa shape index (κ1) is 11.8. The molecular formula is C13H9NO4. The fourth-order valence-corrected chi connectivity index (χ4v) is 1.32. The van der Waals surface area contributed by atoms with E-state index in [-0.39, 0.29) is 11.4 Å². The Morgan fingerprint density at radius 3 is 2.28 bits per heavy atom. The molecule has 90 valence electrons. The maximum Gasteiger partial charge on any atom is 0.362 e. The van der Waals surface area contributed by atoms with E-state index in [1.807, 2.05) is 0 Å². The zero-order valence-corrected chi connectivity index (χ0v) is 9.24. The molecule has 1 N–H and O–H groups in total. The lowest BCUT2D eigenvalue weighted by Gasteiger charge is -2.03. The SMILES string of the molecule is O=C(O)c1cccc(C(=O)Oc2ccccc2)n1. The first-order chi connectivity index (χ1) is 8.66. The summed E-state index contributed by atoms with van der Waals surface area (Å²) < 4.78 is 5.04. The van der Waals surface area contributed by atoms with Crippen LogP contribution >= 0.6 is 0 Å². The Balaban J connectivity index is 2.19. The number of hydrogen-bond donors (Lipinski definition) is 1. The van der Waals surface area contributed by atoms with Crippen LogP contribution in [0, 0.1) is 0 Å². The summed E-state index contributed by atoms with van der Waals surface area (Å²) in [7, 11) is 0. The van der Waals surface area contributed by atoms with Crippen molar-refractivity contribution in [3.8, 4) is 5.75 Å². The van der Waals surface area contributed by atoms with Crippen LogP contribution in [0.15, 0.2) is 48.5 Å². The number of nitrogens with zero attached hydrogens (tertiary/aromatic N) is 1. The molecule has 18 heavy (non-hydrogen) atoms. The Morgan fingerprint density at radius 2 is 1.61 bits per heavy atom. The Bertz CT molecular complexity index is 581. The normalized spacial score (nSPS) is 9.78. The second-order valence-corrected chi connectivity index (χ2v) is 3.42. The van der Waals surface area contributed by atoms with Gasteiger partial charge in [-0.3, -0.25) is 0 Å². The highest BCUT2D eigenvalue weighted by molar-refractivity contribution is 5.91. The van der Waals surface area contributed by atoms with Crippen LogP contribution in [0.4, 0.5) is 0 Å². The predicted octanol–water partition coefficient (Wildman–Crippen LogP) is 2.00. The highest BCUT2D eigenvalue weighted by Crippen LogP contribution is 2.11. The maximum atomic E-state index is 11.7. The lowest BCUT2D eigenvalue weighted by atomic mass is 10.3. The van der Waals surface area contributed by atoms with Crippen LogP contribution in [-0.2, 0) is 0 Å². The number of carboxylic acid groups (broad SMARTS) is 1. The number of carbonyl (C=O) groups excluding carboxylic acids is 1. The third-order valence-electron chi connectivity index (χ3n) is 2.13. The largest absolute Gasteiger partial charge is 0.477 e. The molecule has 0 aliphatic rings. The molecule has 0 bridgehead atoms. The van der Waals surface area contributed by atoms with E-state index in [2.05, 4.69) is 4.98 Å². The van der Waals surface area contributed by atoms with Gasteiger partial charge in [0, 0.05) is 0 Å². The molecule has 0 atom stereocenters. The van der Waals surface area contributed by atoms with Gasteiger partial charge in [0.2, 0.25) is 0 Å². The fourth-order valence-electron chi connectivity index (χ4n) is 1.32. The number of benzene rings is 1. The summed E-state index contributed by atoms with van der Waals surface area (Å²) >= 11 is 0. The number of carbonyl (C=O) groups is 2. The van der Waals surface area contributed by atoms with Gasteiger partial charge in [-0.2, -0.15) is 0 Å². The fraction of sp³-hybridized carbons (Fsp3) is 0. The summed E-state index contributed by atoms with van der Waals surface area (Å²) in [5.74, 6) is -1.50. The monoisotopic (exact) mass is 243 g/mol. The zero-order chi connectivity index (χ0) is 13.0. The van der Waals surface area contributed by atoms with Crippen molar-refractivity contribution in [1.29, 1.82) is 0 Å². The van der Waals surface area contributed by atoms with E-state index in [0.29, 0.717) is 5.75 Å². The number of aromatic nitrogens is 1. The number of pyridine rings is 1. The Labute approximate surface area is 103 Å². The molecule has 0 amide bonds. The van der Waals surface area contributed by atoms with Gasteiger partial charge in [-0.1, -0.05) is 24.3 Å². The van der Waals surface area contributed by atoms with Crippen molar-refractivity contribution in [3.63, 3.8) is 0 Å². The van der Waals surface area contributed by atoms with Crippen LogP contribution in [0.2, 0.25) is 0 Å². The van der Waals surface area contributed by atoms with Gasteiger partial charge in [0.1, 0.15) is 17.1 Å². The minimum atomic E-state index is -1.19. The van der Waals surface area contributed by atoms with E-state index in [0.717, 1.165) is 0 Å². The molecule has 1 aromatic carbocycles. The second kappa shape index (κ2) is 5.09. The number of hydrogen-bond acceptors (Lipinski definition) is 4. The van der Waals surface area contributed by atoms with Gasteiger partial charge in [0.25, 0.3) is 0 Å². The van der Waals surface area contributed by atoms with E-state index >= 15 is 0 Å². The minimum absolute atomic E-state index is 0.0428. The average Bonchev–Trinajstić information content (AvgIpc) is 2.40. The van der Waals surface area contributed by atoms with Gasteiger partial charge in [-0.15, -0.1) is 0 Å². The molecule has 2 rings (SSSR count). The van der Waals surface area contributed by atoms with Gasteiger partial charge in [0.15, 0.2) is 0 Å². The molecule has 0 fully saturated rings. The summed E-state index contributed by atoms with van der Waals surface area (Å²) in [5, 5.41) is 8.77. The van der Waals surface area contributed by atoms with Crippen molar-refractivity contribution in [1.82, 2.24) is 4.98 Å². The summed E-state index contributed by atoms with van der Waals surface area (Å²) in [4.78, 5) is 26.1. The second-order valence-electron chi connectivity index (χ2n) is 3.42. The standard InChI is InChI=1S/C13H9NO4/c15-12(16)10-7-4-8-11(14-10)13(17)18-9-5-2-1-3-6-9/h1-8H,(H,15,16). The third-order valence-corrected chi connectivity index (χ3v) is 2.13. The van der Waals surface area contributed by atoms with Crippen LogP contribution in [0.5, 0.6) is 5.75 Å². The molecule has 0 saturated carbocycles. The van der Waals surface area contributed by atoms with Crippen molar-refractivity contribution in [2.75, 3.05) is 0 Å². The van der Waals surface area contributed by atoms with Crippen LogP contribution < -0.4 is 4.74 Å². The highest BCUT2D eigenvalue weighted by Gasteiger charge is 2.13. The average molecular weight is 243 g/mol. The Kier molecular flexibility index (Phi) is 3.33. The molecule has 5 nitrogen and oxygen atoms in total. The molecule has 1 heterocycles. The number of ether oxygens (including phenoxy) is 1. The minimum Gasteiger partial charge on any atom is -0.477 e. The smallest absolute Gasteiger partial charge is 0.362 e. The van der Waals surface area contributed by atoms with Gasteiger partial charge in [0.05, 0.1) is 0 Å². The third kappa shape index (κ3) is 2.70. The van der Waals surface area contributed by atoms with E-state index in [1.165, 1.54) is 18.2 Å². The van der Waals surface area contributed by atoms with E-state index in [9.17, 15) is 9.59 Å². The number of carboxylic acids is 1. The molecule has 0 aliphatic carbocycles. The summed E-state index contributed by atoms with van der Waals surface area (Å²) in [5.41, 5.74) is -0.240. The van der Waals surface area contributed by atoms with Crippen molar-refractivity contribution in [2.24, 2.45) is 0 Å². The number of esters is 1. The van der Waals surface area contributed by atoms with Crippen molar-refractivity contribution >= 4 is 11.9 Å². The molecule has 2 aromatic rings.